The van der Waals surface area contributed by atoms with E-state index < -0.39 is 59.9 Å². The van der Waals surface area contributed by atoms with Gasteiger partial charge >= 0.3 is 0 Å². The van der Waals surface area contributed by atoms with E-state index in [-0.39, 0.29) is 23.7 Å². The van der Waals surface area contributed by atoms with Crippen LogP contribution in [0.15, 0.2) is 0 Å². The van der Waals surface area contributed by atoms with Crippen LogP contribution < -0.4 is 27.0 Å². The lowest BCUT2D eigenvalue weighted by molar-refractivity contribution is -0.140. The van der Waals surface area contributed by atoms with Crippen LogP contribution in [0.2, 0.25) is 0 Å². The molecule has 0 saturated carbocycles. The summed E-state index contributed by atoms with van der Waals surface area (Å²) in [5.41, 5.74) is 5.63. The number of likely N-dealkylation sites (tertiary alicyclic amines) is 1. The highest BCUT2D eigenvalue weighted by Gasteiger charge is 2.36. The molecule has 6 atom stereocenters. The largest absolute Gasteiger partial charge is 0.343 e. The molecule has 0 bridgehead atoms. The zero-order valence-electron chi connectivity index (χ0n) is 26.0. The number of carbonyl (C=O) groups is 6. The van der Waals surface area contributed by atoms with E-state index >= 15 is 0 Å². The van der Waals surface area contributed by atoms with Crippen molar-refractivity contribution in [3.05, 3.63) is 0 Å². The Hall–Kier alpha value is -3.02. The van der Waals surface area contributed by atoms with E-state index in [4.69, 9.17) is 5.73 Å². The van der Waals surface area contributed by atoms with Crippen LogP contribution in [-0.2, 0) is 28.8 Å². The van der Waals surface area contributed by atoms with E-state index in [1.165, 1.54) is 18.7 Å². The van der Waals surface area contributed by atoms with Crippen molar-refractivity contribution in [2.75, 3.05) is 6.54 Å². The Labute approximate surface area is 244 Å². The van der Waals surface area contributed by atoms with Gasteiger partial charge in [-0.3, -0.25) is 24.0 Å². The van der Waals surface area contributed by atoms with Crippen molar-refractivity contribution in [3.8, 4) is 0 Å². The fourth-order valence-electron chi connectivity index (χ4n) is 4.76. The number of aldehydes is 1. The summed E-state index contributed by atoms with van der Waals surface area (Å²) in [7, 11) is 0. The second-order valence-corrected chi connectivity index (χ2v) is 12.5. The number of hydrogen-bond acceptors (Lipinski definition) is 7. The minimum absolute atomic E-state index is 0.0390. The Bertz CT molecular complexity index is 921. The van der Waals surface area contributed by atoms with E-state index in [0.29, 0.717) is 32.2 Å². The first-order valence-electron chi connectivity index (χ1n) is 14.8. The minimum atomic E-state index is -1.00. The third-order valence-corrected chi connectivity index (χ3v) is 6.91. The molecule has 0 aromatic carbocycles. The first kappa shape index (κ1) is 36.0. The number of rotatable bonds is 16. The van der Waals surface area contributed by atoms with Gasteiger partial charge in [-0.05, 0) is 63.7 Å². The molecule has 0 aromatic heterocycles. The molecule has 234 valence electrons. The van der Waals surface area contributed by atoms with Crippen molar-refractivity contribution < 1.29 is 28.8 Å². The Morgan fingerprint density at radius 2 is 1.15 bits per heavy atom. The maximum Gasteiger partial charge on any atom is 0.245 e. The van der Waals surface area contributed by atoms with Gasteiger partial charge in [-0.25, -0.2) is 0 Å². The van der Waals surface area contributed by atoms with Gasteiger partial charge < -0.3 is 36.7 Å². The van der Waals surface area contributed by atoms with Crippen molar-refractivity contribution in [2.45, 2.75) is 124 Å². The molecule has 1 heterocycles. The lowest BCUT2D eigenvalue weighted by Crippen LogP contribution is -2.59. The van der Waals surface area contributed by atoms with Gasteiger partial charge in [0.05, 0.1) is 12.1 Å². The van der Waals surface area contributed by atoms with Crippen LogP contribution in [0.25, 0.3) is 0 Å². The SMILES string of the molecule is CC(C)C[C@H](NC(=O)[C@H](C)N)C(=O)N[C@@H](C)C(=O)N[C@@H](CC(C)C)C(=O)N[C@@H](CC(C)C)C(=O)N1CCC[C@H]1C=O. The highest BCUT2D eigenvalue weighted by atomic mass is 16.2. The number of carbonyl (C=O) groups excluding carboxylic acids is 6. The summed E-state index contributed by atoms with van der Waals surface area (Å²) in [6, 6.07) is -4.96. The number of hydrogen-bond donors (Lipinski definition) is 5. The molecule has 41 heavy (non-hydrogen) atoms. The van der Waals surface area contributed by atoms with E-state index in [9.17, 15) is 28.8 Å². The van der Waals surface area contributed by atoms with Crippen molar-refractivity contribution in [1.82, 2.24) is 26.2 Å². The molecule has 0 aromatic rings. The normalized spacial score (nSPS) is 18.8. The summed E-state index contributed by atoms with van der Waals surface area (Å²) < 4.78 is 0. The third-order valence-electron chi connectivity index (χ3n) is 6.91. The van der Waals surface area contributed by atoms with E-state index in [1.807, 2.05) is 41.5 Å². The quantitative estimate of drug-likeness (QED) is 0.166. The zero-order chi connectivity index (χ0) is 31.4. The third kappa shape index (κ3) is 12.2. The molecule has 12 heteroatoms. The van der Waals surface area contributed by atoms with Gasteiger partial charge in [0.15, 0.2) is 0 Å². The fraction of sp³-hybridized carbons (Fsp3) is 0.793. The maximum absolute atomic E-state index is 13.4. The molecule has 1 fully saturated rings. The van der Waals surface area contributed by atoms with Crippen LogP contribution in [0.4, 0.5) is 0 Å². The lowest BCUT2D eigenvalue weighted by Gasteiger charge is -2.30. The average Bonchev–Trinajstić information content (AvgIpc) is 3.34. The molecule has 0 aliphatic carbocycles. The molecular weight excluding hydrogens is 528 g/mol. The van der Waals surface area contributed by atoms with Crippen molar-refractivity contribution in [3.63, 3.8) is 0 Å². The highest BCUT2D eigenvalue weighted by molar-refractivity contribution is 5.96. The molecular formula is C29H52N6O6. The number of amides is 5. The van der Waals surface area contributed by atoms with Crippen molar-refractivity contribution in [1.29, 1.82) is 0 Å². The standard InChI is InChI=1S/C29H52N6O6/c1-16(2)12-22(32-25(37)19(7)30)27(39)31-20(8)26(38)33-23(13-17(3)4)28(40)34-24(14-18(5)6)29(41)35-11-9-10-21(35)15-36/h15-24H,9-14,30H2,1-8H3,(H,31,39)(H,32,37)(H,33,38)(H,34,40)/t19-,20-,21-,22-,23-,24-/m0/s1. The van der Waals surface area contributed by atoms with Gasteiger partial charge in [-0.15, -0.1) is 0 Å². The minimum Gasteiger partial charge on any atom is -0.343 e. The molecule has 5 amide bonds. The molecule has 1 saturated heterocycles. The molecule has 0 radical (unpaired) electrons. The van der Waals surface area contributed by atoms with Gasteiger partial charge in [-0.1, -0.05) is 41.5 Å². The number of nitrogens with two attached hydrogens (primary N) is 1. The fourth-order valence-corrected chi connectivity index (χ4v) is 4.76. The second kappa shape index (κ2) is 17.1. The van der Waals surface area contributed by atoms with Gasteiger partial charge in [0.1, 0.15) is 30.5 Å². The molecule has 6 N–H and O–H groups in total. The maximum atomic E-state index is 13.4. The van der Waals surface area contributed by atoms with Gasteiger partial charge in [-0.2, -0.15) is 0 Å². The number of nitrogens with zero attached hydrogens (tertiary/aromatic N) is 1. The lowest BCUT2D eigenvalue weighted by atomic mass is 9.99. The highest BCUT2D eigenvalue weighted by Crippen LogP contribution is 2.19. The van der Waals surface area contributed by atoms with E-state index in [0.717, 1.165) is 12.7 Å². The summed E-state index contributed by atoms with van der Waals surface area (Å²) in [6.07, 6.45) is 3.13. The van der Waals surface area contributed by atoms with Crippen LogP contribution in [0.1, 0.15) is 87.5 Å². The van der Waals surface area contributed by atoms with E-state index in [2.05, 4.69) is 21.3 Å². The average molecular weight is 581 g/mol. The van der Waals surface area contributed by atoms with Gasteiger partial charge in [0.2, 0.25) is 29.5 Å². The van der Waals surface area contributed by atoms with Crippen LogP contribution in [-0.4, -0.2) is 83.5 Å². The van der Waals surface area contributed by atoms with Gasteiger partial charge in [0, 0.05) is 6.54 Å². The first-order valence-corrected chi connectivity index (χ1v) is 14.8. The predicted molar refractivity (Wildman–Crippen MR) is 156 cm³/mol. The zero-order valence-corrected chi connectivity index (χ0v) is 26.0. The summed E-state index contributed by atoms with van der Waals surface area (Å²) in [5.74, 6) is -2.17. The molecule has 1 rings (SSSR count). The smallest absolute Gasteiger partial charge is 0.245 e. The first-order chi connectivity index (χ1) is 19.1. The Morgan fingerprint density at radius 3 is 1.61 bits per heavy atom. The Morgan fingerprint density at radius 1 is 0.707 bits per heavy atom. The summed E-state index contributed by atoms with van der Waals surface area (Å²) >= 11 is 0. The van der Waals surface area contributed by atoms with Crippen molar-refractivity contribution >= 4 is 35.8 Å². The summed E-state index contributed by atoms with van der Waals surface area (Å²) in [6.45, 7) is 15.0. The second-order valence-electron chi connectivity index (χ2n) is 12.5. The molecule has 1 aliphatic heterocycles. The van der Waals surface area contributed by atoms with Gasteiger partial charge in [0.25, 0.3) is 0 Å². The number of nitrogens with one attached hydrogen (secondary N) is 4. The topological polar surface area (TPSA) is 180 Å². The van der Waals surface area contributed by atoms with Crippen LogP contribution in [0, 0.1) is 17.8 Å². The van der Waals surface area contributed by atoms with Crippen LogP contribution >= 0.6 is 0 Å². The van der Waals surface area contributed by atoms with Crippen LogP contribution in [0.3, 0.4) is 0 Å². The summed E-state index contributed by atoms with van der Waals surface area (Å²) in [4.78, 5) is 77.9. The predicted octanol–water partition coefficient (Wildman–Crippen LogP) is 0.621. The van der Waals surface area contributed by atoms with Crippen LogP contribution in [0.5, 0.6) is 0 Å². The molecule has 1 aliphatic rings. The van der Waals surface area contributed by atoms with Crippen molar-refractivity contribution in [2.24, 2.45) is 23.5 Å². The molecule has 0 unspecified atom stereocenters. The molecule has 12 nitrogen and oxygen atoms in total. The molecule has 0 spiro atoms. The monoisotopic (exact) mass is 580 g/mol. The summed E-state index contributed by atoms with van der Waals surface area (Å²) in [5, 5.41) is 10.8. The van der Waals surface area contributed by atoms with E-state index in [1.54, 1.807) is 0 Å². The Kier molecular flexibility index (Phi) is 15.0. The Balaban J connectivity index is 3.00.